The van der Waals surface area contributed by atoms with Gasteiger partial charge in [0.1, 0.15) is 0 Å². The van der Waals surface area contributed by atoms with E-state index in [0.29, 0.717) is 0 Å². The molecule has 0 aliphatic heterocycles. The number of rotatable bonds is 2. The second-order valence-electron chi connectivity index (χ2n) is 2.94. The highest BCUT2D eigenvalue weighted by molar-refractivity contribution is 6.33. The van der Waals surface area contributed by atoms with Crippen LogP contribution in [0.5, 0.6) is 0 Å². The monoisotopic (exact) mass is 245 g/mol. The third kappa shape index (κ3) is 1.77. The molecule has 0 atom stereocenters. The van der Waals surface area contributed by atoms with Crippen molar-refractivity contribution in [2.75, 3.05) is 0 Å². The topological polar surface area (TPSA) is 64.9 Å². The van der Waals surface area contributed by atoms with Crippen LogP contribution >= 0.6 is 11.6 Å². The van der Waals surface area contributed by atoms with Gasteiger partial charge in [-0.1, -0.05) is 16.8 Å². The Morgan fingerprint density at radius 3 is 2.75 bits per heavy atom. The molecule has 2 aromatic rings. The predicted molar refractivity (Wildman–Crippen MR) is 52.6 cm³/mol. The average molecular weight is 246 g/mol. The molecule has 1 heterocycles. The van der Waals surface area contributed by atoms with Gasteiger partial charge in [0.2, 0.25) is 11.7 Å². The first-order valence-electron chi connectivity index (χ1n) is 4.30. The molecule has 0 fully saturated rings. The number of nitrogens with two attached hydrogens (primary N) is 1. The van der Waals surface area contributed by atoms with E-state index < -0.39 is 11.6 Å². The van der Waals surface area contributed by atoms with Crippen molar-refractivity contribution in [3.05, 3.63) is 34.7 Å². The number of hydrogen-bond acceptors (Lipinski definition) is 4. The molecule has 0 unspecified atom stereocenters. The van der Waals surface area contributed by atoms with Gasteiger partial charge in [0, 0.05) is 5.56 Å². The van der Waals surface area contributed by atoms with E-state index in [9.17, 15) is 8.78 Å². The molecule has 0 bridgehead atoms. The van der Waals surface area contributed by atoms with Crippen molar-refractivity contribution >= 4 is 11.6 Å². The molecule has 2 N–H and O–H groups in total. The summed E-state index contributed by atoms with van der Waals surface area (Å²) in [4.78, 5) is 3.85. The van der Waals surface area contributed by atoms with Crippen LogP contribution in [-0.4, -0.2) is 10.1 Å². The van der Waals surface area contributed by atoms with Gasteiger partial charge in [0.25, 0.3) is 0 Å². The van der Waals surface area contributed by atoms with Crippen LogP contribution < -0.4 is 5.73 Å². The zero-order valence-corrected chi connectivity index (χ0v) is 8.63. The van der Waals surface area contributed by atoms with Crippen LogP contribution in [0.25, 0.3) is 11.4 Å². The second-order valence-corrected chi connectivity index (χ2v) is 3.32. The molecular weight excluding hydrogens is 240 g/mol. The maximum Gasteiger partial charge on any atom is 0.240 e. The van der Waals surface area contributed by atoms with E-state index in [-0.39, 0.29) is 28.8 Å². The molecule has 0 saturated heterocycles. The first-order chi connectivity index (χ1) is 7.63. The fraction of sp³-hybridized carbons (Fsp3) is 0.111. The van der Waals surface area contributed by atoms with E-state index in [2.05, 4.69) is 10.1 Å². The van der Waals surface area contributed by atoms with E-state index in [4.69, 9.17) is 21.9 Å². The number of hydrogen-bond donors (Lipinski definition) is 1. The van der Waals surface area contributed by atoms with Gasteiger partial charge in [0.15, 0.2) is 11.6 Å². The van der Waals surface area contributed by atoms with E-state index in [0.717, 1.165) is 6.07 Å². The Balaban J connectivity index is 2.52. The SMILES string of the molecule is NCc1nc(-c2ccc(F)c(F)c2Cl)no1. The summed E-state index contributed by atoms with van der Waals surface area (Å²) in [6, 6.07) is 2.21. The smallest absolute Gasteiger partial charge is 0.240 e. The maximum atomic E-state index is 13.1. The molecule has 0 aliphatic carbocycles. The molecule has 84 valence electrons. The molecule has 1 aromatic carbocycles. The summed E-state index contributed by atoms with van der Waals surface area (Å²) >= 11 is 5.62. The predicted octanol–water partition coefficient (Wildman–Crippen LogP) is 2.13. The molecule has 2 rings (SSSR count). The van der Waals surface area contributed by atoms with Gasteiger partial charge < -0.3 is 10.3 Å². The van der Waals surface area contributed by atoms with Gasteiger partial charge >= 0.3 is 0 Å². The molecule has 0 aliphatic rings. The average Bonchev–Trinajstić information content (AvgIpc) is 2.74. The Hall–Kier alpha value is -1.53. The molecule has 0 amide bonds. The third-order valence-electron chi connectivity index (χ3n) is 1.92. The molecule has 4 nitrogen and oxygen atoms in total. The second kappa shape index (κ2) is 4.15. The van der Waals surface area contributed by atoms with E-state index in [1.807, 2.05) is 0 Å². The minimum atomic E-state index is -1.14. The number of aromatic nitrogens is 2. The lowest BCUT2D eigenvalue weighted by Crippen LogP contribution is -1.96. The number of halogens is 3. The Labute approximate surface area is 94.0 Å². The minimum absolute atomic E-state index is 0.0638. The molecule has 0 radical (unpaired) electrons. The van der Waals surface area contributed by atoms with Crippen LogP contribution in [0.2, 0.25) is 5.02 Å². The van der Waals surface area contributed by atoms with E-state index in [1.54, 1.807) is 0 Å². The Morgan fingerprint density at radius 1 is 1.38 bits per heavy atom. The lowest BCUT2D eigenvalue weighted by Gasteiger charge is -2.00. The molecule has 0 spiro atoms. The highest BCUT2D eigenvalue weighted by Crippen LogP contribution is 2.29. The van der Waals surface area contributed by atoms with Crippen LogP contribution in [0.1, 0.15) is 5.89 Å². The third-order valence-corrected chi connectivity index (χ3v) is 2.29. The minimum Gasteiger partial charge on any atom is -0.338 e. The van der Waals surface area contributed by atoms with Gasteiger partial charge in [-0.05, 0) is 12.1 Å². The van der Waals surface area contributed by atoms with Crippen molar-refractivity contribution in [2.45, 2.75) is 6.54 Å². The summed E-state index contributed by atoms with van der Waals surface area (Å²) in [5, 5.41) is 3.16. The van der Waals surface area contributed by atoms with E-state index >= 15 is 0 Å². The fourth-order valence-electron chi connectivity index (χ4n) is 1.15. The standard InChI is InChI=1S/C9H6ClF2N3O/c10-7-4(1-2-5(11)8(7)12)9-14-6(3-13)16-15-9/h1-2H,3,13H2. The van der Waals surface area contributed by atoms with Gasteiger partial charge in [-0.3, -0.25) is 0 Å². The summed E-state index contributed by atoms with van der Waals surface area (Å²) in [5.41, 5.74) is 5.43. The van der Waals surface area contributed by atoms with Crippen molar-refractivity contribution in [3.8, 4) is 11.4 Å². The zero-order chi connectivity index (χ0) is 11.7. The highest BCUT2D eigenvalue weighted by atomic mass is 35.5. The van der Waals surface area contributed by atoms with Crippen LogP contribution in [0, 0.1) is 11.6 Å². The first-order valence-corrected chi connectivity index (χ1v) is 4.67. The van der Waals surface area contributed by atoms with E-state index in [1.165, 1.54) is 6.07 Å². The van der Waals surface area contributed by atoms with Crippen molar-refractivity contribution < 1.29 is 13.3 Å². The highest BCUT2D eigenvalue weighted by Gasteiger charge is 2.16. The Morgan fingerprint density at radius 2 is 2.12 bits per heavy atom. The van der Waals surface area contributed by atoms with Gasteiger partial charge in [-0.25, -0.2) is 8.78 Å². The van der Waals surface area contributed by atoms with Gasteiger partial charge in [0.05, 0.1) is 11.6 Å². The first kappa shape index (κ1) is 11.0. The fourth-order valence-corrected chi connectivity index (χ4v) is 1.38. The summed E-state index contributed by atoms with van der Waals surface area (Å²) < 4.78 is 30.7. The summed E-state index contributed by atoms with van der Waals surface area (Å²) in [6.45, 7) is 0.0638. The molecule has 16 heavy (non-hydrogen) atoms. The molecular formula is C9H6ClF2N3O. The van der Waals surface area contributed by atoms with Crippen LogP contribution in [0.4, 0.5) is 8.78 Å². The molecule has 7 heteroatoms. The molecule has 0 saturated carbocycles. The number of nitrogens with zero attached hydrogens (tertiary/aromatic N) is 2. The Bertz CT molecular complexity index is 529. The van der Waals surface area contributed by atoms with Crippen LogP contribution in [0.3, 0.4) is 0 Å². The van der Waals surface area contributed by atoms with Crippen LogP contribution in [0.15, 0.2) is 16.7 Å². The van der Waals surface area contributed by atoms with Crippen molar-refractivity contribution in [1.82, 2.24) is 10.1 Å². The lowest BCUT2D eigenvalue weighted by molar-refractivity contribution is 0.380. The summed E-state index contributed by atoms with van der Waals surface area (Å²) in [7, 11) is 0. The number of benzene rings is 1. The maximum absolute atomic E-state index is 13.1. The van der Waals surface area contributed by atoms with Crippen molar-refractivity contribution in [1.29, 1.82) is 0 Å². The Kier molecular flexibility index (Phi) is 2.84. The largest absolute Gasteiger partial charge is 0.338 e. The lowest BCUT2D eigenvalue weighted by atomic mass is 10.2. The van der Waals surface area contributed by atoms with Gasteiger partial charge in [-0.2, -0.15) is 4.98 Å². The van der Waals surface area contributed by atoms with Crippen molar-refractivity contribution in [2.24, 2.45) is 5.73 Å². The van der Waals surface area contributed by atoms with Crippen LogP contribution in [-0.2, 0) is 6.54 Å². The quantitative estimate of drug-likeness (QED) is 0.823. The normalized spacial score (nSPS) is 10.8. The summed E-state index contributed by atoms with van der Waals surface area (Å²) in [5.74, 6) is -1.91. The summed E-state index contributed by atoms with van der Waals surface area (Å²) in [6.07, 6.45) is 0. The molecule has 1 aromatic heterocycles. The zero-order valence-electron chi connectivity index (χ0n) is 7.88. The van der Waals surface area contributed by atoms with Crippen molar-refractivity contribution in [3.63, 3.8) is 0 Å². The van der Waals surface area contributed by atoms with Gasteiger partial charge in [-0.15, -0.1) is 0 Å².